The molecule has 3 heteroatoms. The average molecular weight is 252 g/mol. The fourth-order valence-corrected chi connectivity index (χ4v) is 2.28. The molecular weight excluding hydrogens is 228 g/mol. The van der Waals surface area contributed by atoms with Gasteiger partial charge in [-0.1, -0.05) is 24.6 Å². The van der Waals surface area contributed by atoms with Crippen molar-refractivity contribution in [1.29, 1.82) is 0 Å². The first-order chi connectivity index (χ1) is 8.22. The van der Waals surface area contributed by atoms with Gasteiger partial charge in [-0.3, -0.25) is 4.79 Å². The van der Waals surface area contributed by atoms with Crippen molar-refractivity contribution in [3.63, 3.8) is 0 Å². The number of allylic oxidation sites excluding steroid dienone is 3. The molecule has 0 aliphatic heterocycles. The molecule has 0 aromatic heterocycles. The summed E-state index contributed by atoms with van der Waals surface area (Å²) in [4.78, 5) is 11.7. The van der Waals surface area contributed by atoms with Gasteiger partial charge < -0.3 is 10.2 Å². The standard InChI is InChI=1S/C15H24O3/c1-10(2)7-13(16)8-11(3)12-5-6-15(4,18)14(17)9-12/h5-7,11-12,14,17-18H,8-9H2,1-4H3/t11-,12+,14+,15+/m0/s1. The van der Waals surface area contributed by atoms with E-state index in [-0.39, 0.29) is 17.6 Å². The maximum absolute atomic E-state index is 11.7. The summed E-state index contributed by atoms with van der Waals surface area (Å²) in [5, 5.41) is 19.7. The number of aliphatic hydroxyl groups is 2. The van der Waals surface area contributed by atoms with E-state index < -0.39 is 11.7 Å². The van der Waals surface area contributed by atoms with E-state index in [1.165, 1.54) is 0 Å². The number of ketones is 1. The Labute approximate surface area is 109 Å². The van der Waals surface area contributed by atoms with Crippen molar-refractivity contribution in [3.05, 3.63) is 23.8 Å². The molecule has 0 unspecified atom stereocenters. The van der Waals surface area contributed by atoms with Crippen LogP contribution in [0, 0.1) is 11.8 Å². The van der Waals surface area contributed by atoms with Crippen LogP contribution in [0.4, 0.5) is 0 Å². The SMILES string of the molecule is CC(C)=CC(=O)C[C@H](C)[C@@H]1C=C[C@@](C)(O)[C@H](O)C1. The predicted molar refractivity (Wildman–Crippen MR) is 72.1 cm³/mol. The third kappa shape index (κ3) is 4.07. The van der Waals surface area contributed by atoms with Gasteiger partial charge in [0.05, 0.1) is 6.10 Å². The van der Waals surface area contributed by atoms with Crippen molar-refractivity contribution in [2.24, 2.45) is 11.8 Å². The van der Waals surface area contributed by atoms with E-state index in [2.05, 4.69) is 0 Å². The summed E-state index contributed by atoms with van der Waals surface area (Å²) in [6.45, 7) is 7.43. The molecule has 18 heavy (non-hydrogen) atoms. The highest BCUT2D eigenvalue weighted by molar-refractivity contribution is 5.90. The quantitative estimate of drug-likeness (QED) is 0.596. The number of carbonyl (C=O) groups excluding carboxylic acids is 1. The van der Waals surface area contributed by atoms with Crippen LogP contribution in [0.5, 0.6) is 0 Å². The Balaban J connectivity index is 2.62. The maximum atomic E-state index is 11.7. The summed E-state index contributed by atoms with van der Waals surface area (Å²) >= 11 is 0. The molecule has 0 radical (unpaired) electrons. The summed E-state index contributed by atoms with van der Waals surface area (Å²) in [6.07, 6.45) is 5.46. The summed E-state index contributed by atoms with van der Waals surface area (Å²) in [6, 6.07) is 0. The van der Waals surface area contributed by atoms with E-state index in [9.17, 15) is 15.0 Å². The van der Waals surface area contributed by atoms with Crippen molar-refractivity contribution in [1.82, 2.24) is 0 Å². The minimum atomic E-state index is -1.14. The zero-order chi connectivity index (χ0) is 13.9. The summed E-state index contributed by atoms with van der Waals surface area (Å²) in [5.41, 5.74) is -0.130. The third-order valence-electron chi connectivity index (χ3n) is 3.55. The third-order valence-corrected chi connectivity index (χ3v) is 3.55. The maximum Gasteiger partial charge on any atom is 0.155 e. The molecule has 0 bridgehead atoms. The van der Waals surface area contributed by atoms with Gasteiger partial charge in [0.2, 0.25) is 0 Å². The van der Waals surface area contributed by atoms with Crippen molar-refractivity contribution in [3.8, 4) is 0 Å². The van der Waals surface area contributed by atoms with Gasteiger partial charge in [-0.05, 0) is 45.1 Å². The first-order valence-electron chi connectivity index (χ1n) is 6.50. The Morgan fingerprint density at radius 3 is 2.67 bits per heavy atom. The van der Waals surface area contributed by atoms with E-state index in [4.69, 9.17) is 0 Å². The zero-order valence-electron chi connectivity index (χ0n) is 11.7. The first kappa shape index (κ1) is 15.1. The summed E-state index contributed by atoms with van der Waals surface area (Å²) in [7, 11) is 0. The van der Waals surface area contributed by atoms with Gasteiger partial charge in [0.25, 0.3) is 0 Å². The van der Waals surface area contributed by atoms with E-state index in [1.807, 2.05) is 26.8 Å². The van der Waals surface area contributed by atoms with E-state index in [1.54, 1.807) is 19.1 Å². The molecule has 4 atom stereocenters. The number of hydrogen-bond donors (Lipinski definition) is 2. The minimum Gasteiger partial charge on any atom is -0.390 e. The lowest BCUT2D eigenvalue weighted by atomic mass is 9.77. The molecule has 1 aliphatic carbocycles. The van der Waals surface area contributed by atoms with Crippen LogP contribution in [0.25, 0.3) is 0 Å². The molecule has 3 nitrogen and oxygen atoms in total. The normalized spacial score (nSPS) is 33.0. The lowest BCUT2D eigenvalue weighted by Gasteiger charge is -2.35. The molecule has 1 aliphatic rings. The topological polar surface area (TPSA) is 57.5 Å². The highest BCUT2D eigenvalue weighted by Gasteiger charge is 2.34. The Morgan fingerprint density at radius 2 is 2.17 bits per heavy atom. The zero-order valence-corrected chi connectivity index (χ0v) is 11.7. The predicted octanol–water partition coefficient (Wildman–Crippen LogP) is 2.24. The molecule has 0 spiro atoms. The fourth-order valence-electron chi connectivity index (χ4n) is 2.28. The number of carbonyl (C=O) groups is 1. The second-order valence-electron chi connectivity index (χ2n) is 5.87. The Hall–Kier alpha value is -0.930. The largest absolute Gasteiger partial charge is 0.390 e. The second-order valence-corrected chi connectivity index (χ2v) is 5.87. The number of aliphatic hydroxyl groups excluding tert-OH is 1. The van der Waals surface area contributed by atoms with Crippen molar-refractivity contribution in [2.45, 2.75) is 52.2 Å². The van der Waals surface area contributed by atoms with Crippen LogP contribution < -0.4 is 0 Å². The number of rotatable bonds is 4. The van der Waals surface area contributed by atoms with Crippen LogP contribution in [0.3, 0.4) is 0 Å². The fraction of sp³-hybridized carbons (Fsp3) is 0.667. The van der Waals surface area contributed by atoms with Gasteiger partial charge in [-0.25, -0.2) is 0 Å². The smallest absolute Gasteiger partial charge is 0.155 e. The molecular formula is C15H24O3. The molecule has 0 fully saturated rings. The van der Waals surface area contributed by atoms with Crippen molar-refractivity contribution < 1.29 is 15.0 Å². The van der Waals surface area contributed by atoms with Crippen LogP contribution >= 0.6 is 0 Å². The molecule has 0 saturated heterocycles. The number of hydrogen-bond acceptors (Lipinski definition) is 3. The summed E-state index contributed by atoms with van der Waals surface area (Å²) in [5.74, 6) is 0.451. The van der Waals surface area contributed by atoms with Gasteiger partial charge in [0.15, 0.2) is 5.78 Å². The average Bonchev–Trinajstić information content (AvgIpc) is 2.20. The molecule has 0 heterocycles. The van der Waals surface area contributed by atoms with Gasteiger partial charge in [0.1, 0.15) is 5.60 Å². The van der Waals surface area contributed by atoms with Crippen molar-refractivity contribution in [2.75, 3.05) is 0 Å². The Kier molecular flexibility index (Phi) is 4.88. The van der Waals surface area contributed by atoms with E-state index >= 15 is 0 Å². The molecule has 0 amide bonds. The molecule has 2 N–H and O–H groups in total. The molecule has 0 aromatic rings. The monoisotopic (exact) mass is 252 g/mol. The molecule has 0 aromatic carbocycles. The lowest BCUT2D eigenvalue weighted by Crippen LogP contribution is -2.42. The van der Waals surface area contributed by atoms with Gasteiger partial charge in [-0.2, -0.15) is 0 Å². The first-order valence-corrected chi connectivity index (χ1v) is 6.50. The molecule has 1 rings (SSSR count). The van der Waals surface area contributed by atoms with Crippen molar-refractivity contribution >= 4 is 5.78 Å². The van der Waals surface area contributed by atoms with Crippen LogP contribution in [0.15, 0.2) is 23.8 Å². The minimum absolute atomic E-state index is 0.128. The lowest BCUT2D eigenvalue weighted by molar-refractivity contribution is -0.115. The molecule has 0 saturated carbocycles. The van der Waals surface area contributed by atoms with E-state index in [0.29, 0.717) is 12.8 Å². The Bertz CT molecular complexity index is 362. The Morgan fingerprint density at radius 1 is 1.56 bits per heavy atom. The molecule has 102 valence electrons. The van der Waals surface area contributed by atoms with Crippen LogP contribution in [0.2, 0.25) is 0 Å². The van der Waals surface area contributed by atoms with Crippen LogP contribution in [0.1, 0.15) is 40.5 Å². The van der Waals surface area contributed by atoms with Crippen LogP contribution in [-0.2, 0) is 4.79 Å². The van der Waals surface area contributed by atoms with Gasteiger partial charge in [-0.15, -0.1) is 0 Å². The van der Waals surface area contributed by atoms with E-state index in [0.717, 1.165) is 5.57 Å². The summed E-state index contributed by atoms with van der Waals surface area (Å²) < 4.78 is 0. The van der Waals surface area contributed by atoms with Gasteiger partial charge in [0, 0.05) is 6.42 Å². The van der Waals surface area contributed by atoms with Gasteiger partial charge >= 0.3 is 0 Å². The second kappa shape index (κ2) is 5.81. The highest BCUT2D eigenvalue weighted by atomic mass is 16.3. The highest BCUT2D eigenvalue weighted by Crippen LogP contribution is 2.31. The van der Waals surface area contributed by atoms with Crippen LogP contribution in [-0.4, -0.2) is 27.7 Å².